The molecule has 4 heteroatoms. The molecule has 18 heavy (non-hydrogen) atoms. The third kappa shape index (κ3) is 1.76. The first kappa shape index (κ1) is 10.9. The van der Waals surface area contributed by atoms with Crippen LogP contribution in [0.1, 0.15) is 21.6 Å². The van der Waals surface area contributed by atoms with Crippen LogP contribution in [0.2, 0.25) is 0 Å². The number of pyridine rings is 1. The lowest BCUT2D eigenvalue weighted by atomic mass is 9.99. The Morgan fingerprint density at radius 2 is 2.06 bits per heavy atom. The fourth-order valence-corrected chi connectivity index (χ4v) is 2.15. The number of fused-ring (bicyclic) bond motifs is 1. The quantitative estimate of drug-likeness (QED) is 0.877. The highest BCUT2D eigenvalue weighted by Gasteiger charge is 2.16. The number of ether oxygens (including phenoxy) is 1. The molecule has 1 aromatic carbocycles. The zero-order chi connectivity index (χ0) is 12.5. The number of aromatic carboxylic acids is 1. The van der Waals surface area contributed by atoms with E-state index < -0.39 is 5.97 Å². The second kappa shape index (κ2) is 4.23. The zero-order valence-electron chi connectivity index (χ0n) is 9.59. The topological polar surface area (TPSA) is 59.4 Å². The summed E-state index contributed by atoms with van der Waals surface area (Å²) in [4.78, 5) is 15.1. The lowest BCUT2D eigenvalue weighted by molar-refractivity contribution is 0.0691. The van der Waals surface area contributed by atoms with Crippen molar-refractivity contribution in [2.45, 2.75) is 13.2 Å². The molecule has 0 fully saturated rings. The van der Waals surface area contributed by atoms with Crippen molar-refractivity contribution in [3.8, 4) is 11.1 Å². The summed E-state index contributed by atoms with van der Waals surface area (Å²) in [5.41, 5.74) is 3.87. The second-order valence-electron chi connectivity index (χ2n) is 4.18. The molecule has 2 aromatic rings. The van der Waals surface area contributed by atoms with Crippen LogP contribution in [0.15, 0.2) is 36.5 Å². The van der Waals surface area contributed by atoms with E-state index in [1.807, 2.05) is 18.2 Å². The van der Waals surface area contributed by atoms with E-state index in [1.54, 1.807) is 12.1 Å². The van der Waals surface area contributed by atoms with E-state index >= 15 is 0 Å². The fraction of sp³-hybridized carbons (Fsp3) is 0.143. The predicted octanol–water partition coefficient (Wildman–Crippen LogP) is 2.48. The average Bonchev–Trinajstić information content (AvgIpc) is 2.85. The van der Waals surface area contributed by atoms with E-state index in [4.69, 9.17) is 9.84 Å². The van der Waals surface area contributed by atoms with E-state index in [2.05, 4.69) is 4.98 Å². The summed E-state index contributed by atoms with van der Waals surface area (Å²) in [7, 11) is 0. The first-order chi connectivity index (χ1) is 8.75. The van der Waals surface area contributed by atoms with Crippen LogP contribution < -0.4 is 0 Å². The van der Waals surface area contributed by atoms with Crippen LogP contribution >= 0.6 is 0 Å². The molecule has 0 saturated heterocycles. The minimum Gasteiger partial charge on any atom is -0.476 e. The van der Waals surface area contributed by atoms with Crippen molar-refractivity contribution in [3.63, 3.8) is 0 Å². The van der Waals surface area contributed by atoms with E-state index in [9.17, 15) is 4.79 Å². The molecule has 1 aliphatic heterocycles. The minimum atomic E-state index is -1.01. The summed E-state index contributed by atoms with van der Waals surface area (Å²) in [5, 5.41) is 9.13. The molecule has 4 nitrogen and oxygen atoms in total. The van der Waals surface area contributed by atoms with Gasteiger partial charge < -0.3 is 9.84 Å². The lowest BCUT2D eigenvalue weighted by Gasteiger charge is -2.06. The highest BCUT2D eigenvalue weighted by molar-refractivity contribution is 5.93. The van der Waals surface area contributed by atoms with Gasteiger partial charge in [0.25, 0.3) is 0 Å². The largest absolute Gasteiger partial charge is 0.476 e. The van der Waals surface area contributed by atoms with Crippen molar-refractivity contribution < 1.29 is 14.6 Å². The van der Waals surface area contributed by atoms with Gasteiger partial charge in [-0.1, -0.05) is 18.2 Å². The molecule has 0 bridgehead atoms. The number of hydrogen-bond acceptors (Lipinski definition) is 3. The Hall–Kier alpha value is -2.20. The van der Waals surface area contributed by atoms with Gasteiger partial charge in [-0.2, -0.15) is 0 Å². The summed E-state index contributed by atoms with van der Waals surface area (Å²) in [6.07, 6.45) is 1.49. The molecule has 0 amide bonds. The van der Waals surface area contributed by atoms with Gasteiger partial charge in [-0.15, -0.1) is 0 Å². The molecular weight excluding hydrogens is 230 g/mol. The van der Waals surface area contributed by atoms with E-state index in [1.165, 1.54) is 11.8 Å². The minimum absolute atomic E-state index is 0.0800. The van der Waals surface area contributed by atoms with Gasteiger partial charge >= 0.3 is 5.97 Å². The third-order valence-corrected chi connectivity index (χ3v) is 3.04. The van der Waals surface area contributed by atoms with Gasteiger partial charge in [0.05, 0.1) is 13.2 Å². The Morgan fingerprint density at radius 1 is 1.22 bits per heavy atom. The number of rotatable bonds is 2. The van der Waals surface area contributed by atoms with Gasteiger partial charge in [-0.05, 0) is 28.8 Å². The maximum Gasteiger partial charge on any atom is 0.355 e. The van der Waals surface area contributed by atoms with Crippen LogP contribution in [0.3, 0.4) is 0 Å². The number of carbonyl (C=O) groups is 1. The number of aromatic nitrogens is 1. The van der Waals surface area contributed by atoms with Crippen LogP contribution in [0, 0.1) is 0 Å². The van der Waals surface area contributed by atoms with Crippen molar-refractivity contribution in [1.29, 1.82) is 0 Å². The molecule has 0 aliphatic carbocycles. The highest BCUT2D eigenvalue weighted by Crippen LogP contribution is 2.28. The van der Waals surface area contributed by atoms with Gasteiger partial charge in [-0.3, -0.25) is 0 Å². The summed E-state index contributed by atoms with van der Waals surface area (Å²) in [6, 6.07) is 9.39. The Kier molecular flexibility index (Phi) is 2.57. The van der Waals surface area contributed by atoms with Crippen LogP contribution in [0.4, 0.5) is 0 Å². The van der Waals surface area contributed by atoms with Crippen molar-refractivity contribution in [1.82, 2.24) is 4.98 Å². The monoisotopic (exact) mass is 241 g/mol. The summed E-state index contributed by atoms with van der Waals surface area (Å²) < 4.78 is 5.35. The van der Waals surface area contributed by atoms with Crippen molar-refractivity contribution in [2.75, 3.05) is 0 Å². The molecule has 1 aromatic heterocycles. The third-order valence-electron chi connectivity index (χ3n) is 3.04. The predicted molar refractivity (Wildman–Crippen MR) is 65.1 cm³/mol. The lowest BCUT2D eigenvalue weighted by Crippen LogP contribution is -2.02. The van der Waals surface area contributed by atoms with Gasteiger partial charge in [0.15, 0.2) is 5.69 Å². The summed E-state index contributed by atoms with van der Waals surface area (Å²) >= 11 is 0. The van der Waals surface area contributed by atoms with Crippen molar-refractivity contribution >= 4 is 5.97 Å². The maximum absolute atomic E-state index is 11.1. The Labute approximate surface area is 104 Å². The van der Waals surface area contributed by atoms with Crippen LogP contribution in [-0.4, -0.2) is 16.1 Å². The molecule has 90 valence electrons. The molecule has 1 N–H and O–H groups in total. The molecule has 0 saturated carbocycles. The van der Waals surface area contributed by atoms with Crippen molar-refractivity contribution in [2.24, 2.45) is 0 Å². The fourth-order valence-electron chi connectivity index (χ4n) is 2.15. The number of carboxylic acids is 1. The summed E-state index contributed by atoms with van der Waals surface area (Å²) in [5.74, 6) is -1.01. The normalized spacial score (nSPS) is 13.3. The maximum atomic E-state index is 11.1. The Balaban J connectivity index is 2.13. The molecule has 0 radical (unpaired) electrons. The standard InChI is InChI=1S/C14H11NO3/c16-14(17)13-12(2-1-5-15-13)9-3-4-10-7-18-8-11(10)6-9/h1-6H,7-8H2,(H,16,17). The molecular formula is C14H11NO3. The first-order valence-electron chi connectivity index (χ1n) is 5.64. The van der Waals surface area contributed by atoms with Crippen LogP contribution in [0.25, 0.3) is 11.1 Å². The number of carboxylic acid groups (broad SMARTS) is 1. The van der Waals surface area contributed by atoms with Gasteiger partial charge in [0.1, 0.15) is 0 Å². The SMILES string of the molecule is O=C(O)c1ncccc1-c1ccc2c(c1)COC2. The van der Waals surface area contributed by atoms with Crippen molar-refractivity contribution in [3.05, 3.63) is 53.3 Å². The molecule has 0 unspecified atom stereocenters. The highest BCUT2D eigenvalue weighted by atomic mass is 16.5. The molecule has 3 rings (SSSR count). The summed E-state index contributed by atoms with van der Waals surface area (Å²) in [6.45, 7) is 1.22. The van der Waals surface area contributed by atoms with Gasteiger partial charge in [0.2, 0.25) is 0 Å². The zero-order valence-corrected chi connectivity index (χ0v) is 9.59. The Bertz CT molecular complexity index is 622. The van der Waals surface area contributed by atoms with Gasteiger partial charge in [0, 0.05) is 11.8 Å². The molecule has 2 heterocycles. The van der Waals surface area contributed by atoms with E-state index in [-0.39, 0.29) is 5.69 Å². The molecule has 0 spiro atoms. The van der Waals surface area contributed by atoms with E-state index in [0.717, 1.165) is 11.1 Å². The van der Waals surface area contributed by atoms with Crippen LogP contribution in [-0.2, 0) is 18.0 Å². The smallest absolute Gasteiger partial charge is 0.355 e. The average molecular weight is 241 g/mol. The van der Waals surface area contributed by atoms with Crippen LogP contribution in [0.5, 0.6) is 0 Å². The molecule has 0 atom stereocenters. The van der Waals surface area contributed by atoms with E-state index in [0.29, 0.717) is 18.8 Å². The second-order valence-corrected chi connectivity index (χ2v) is 4.18. The van der Waals surface area contributed by atoms with Gasteiger partial charge in [-0.25, -0.2) is 9.78 Å². The molecule has 1 aliphatic rings. The Morgan fingerprint density at radius 3 is 2.89 bits per heavy atom. The number of nitrogens with zero attached hydrogens (tertiary/aromatic N) is 1. The number of hydrogen-bond donors (Lipinski definition) is 1. The first-order valence-corrected chi connectivity index (χ1v) is 5.64. The number of benzene rings is 1.